The molecular weight excluding hydrogens is 319 g/mol. The first-order valence-corrected chi connectivity index (χ1v) is 4.92. The molecular formula is C7H4BrIN2. The molecule has 0 fully saturated rings. The van der Waals surface area contributed by atoms with E-state index in [9.17, 15) is 0 Å². The lowest BCUT2D eigenvalue weighted by Crippen LogP contribution is -1.72. The van der Waals surface area contributed by atoms with Crippen LogP contribution in [0.25, 0.3) is 10.9 Å². The minimum absolute atomic E-state index is 1.04. The van der Waals surface area contributed by atoms with Crippen LogP contribution in [0.3, 0.4) is 0 Å². The van der Waals surface area contributed by atoms with Crippen molar-refractivity contribution in [1.29, 1.82) is 0 Å². The normalized spacial score (nSPS) is 10.7. The molecule has 0 saturated heterocycles. The lowest BCUT2D eigenvalue weighted by Gasteiger charge is -1.89. The molecule has 0 aliphatic rings. The Morgan fingerprint density at radius 2 is 2.27 bits per heavy atom. The predicted molar refractivity (Wildman–Crippen MR) is 56.5 cm³/mol. The number of rotatable bonds is 0. The second-order valence-corrected chi connectivity index (χ2v) is 4.22. The fourth-order valence-corrected chi connectivity index (χ4v) is 2.03. The van der Waals surface area contributed by atoms with Crippen molar-refractivity contribution in [2.45, 2.75) is 0 Å². The molecule has 0 aliphatic carbocycles. The van der Waals surface area contributed by atoms with E-state index in [1.807, 2.05) is 6.20 Å². The summed E-state index contributed by atoms with van der Waals surface area (Å²) in [5.41, 5.74) is 1.07. The summed E-state index contributed by atoms with van der Waals surface area (Å²) in [6, 6.07) is 2.08. The van der Waals surface area contributed by atoms with Gasteiger partial charge in [-0.1, -0.05) is 0 Å². The van der Waals surface area contributed by atoms with Gasteiger partial charge in [-0.3, -0.25) is 4.98 Å². The van der Waals surface area contributed by atoms with Crippen LogP contribution in [0, 0.1) is 3.70 Å². The molecule has 0 aliphatic heterocycles. The van der Waals surface area contributed by atoms with Gasteiger partial charge in [0.2, 0.25) is 0 Å². The van der Waals surface area contributed by atoms with E-state index in [-0.39, 0.29) is 0 Å². The monoisotopic (exact) mass is 322 g/mol. The molecule has 0 radical (unpaired) electrons. The SMILES string of the molecule is Brc1cncc2[nH]c(I)cc12. The molecule has 0 saturated carbocycles. The van der Waals surface area contributed by atoms with E-state index in [1.54, 1.807) is 6.20 Å². The topological polar surface area (TPSA) is 28.7 Å². The Morgan fingerprint density at radius 1 is 1.45 bits per heavy atom. The van der Waals surface area contributed by atoms with Gasteiger partial charge in [0.05, 0.1) is 15.4 Å². The van der Waals surface area contributed by atoms with Gasteiger partial charge in [-0.05, 0) is 44.6 Å². The number of aromatic amines is 1. The Bertz CT molecular complexity index is 396. The van der Waals surface area contributed by atoms with Crippen molar-refractivity contribution in [2.24, 2.45) is 0 Å². The van der Waals surface area contributed by atoms with Crippen LogP contribution in [0.5, 0.6) is 0 Å². The van der Waals surface area contributed by atoms with Crippen molar-refractivity contribution in [2.75, 3.05) is 0 Å². The van der Waals surface area contributed by atoms with Crippen molar-refractivity contribution in [3.8, 4) is 0 Å². The fourth-order valence-electron chi connectivity index (χ4n) is 0.983. The first-order valence-electron chi connectivity index (χ1n) is 3.05. The number of H-pyrrole nitrogens is 1. The fraction of sp³-hybridized carbons (Fsp3) is 0. The summed E-state index contributed by atoms with van der Waals surface area (Å²) in [6.45, 7) is 0. The van der Waals surface area contributed by atoms with Crippen LogP contribution in [-0.4, -0.2) is 9.97 Å². The van der Waals surface area contributed by atoms with E-state index < -0.39 is 0 Å². The minimum atomic E-state index is 1.04. The van der Waals surface area contributed by atoms with Crippen LogP contribution in [0.1, 0.15) is 0 Å². The Labute approximate surface area is 85.7 Å². The second-order valence-electron chi connectivity index (χ2n) is 2.20. The largest absolute Gasteiger partial charge is 0.349 e. The molecule has 4 heteroatoms. The summed E-state index contributed by atoms with van der Waals surface area (Å²) in [5.74, 6) is 0. The molecule has 0 spiro atoms. The minimum Gasteiger partial charge on any atom is -0.349 e. The first-order chi connectivity index (χ1) is 5.27. The Hall–Kier alpha value is -0.100. The maximum atomic E-state index is 4.04. The molecule has 0 atom stereocenters. The summed E-state index contributed by atoms with van der Waals surface area (Å²) in [6.07, 6.45) is 3.62. The molecule has 0 bridgehead atoms. The van der Waals surface area contributed by atoms with Crippen LogP contribution >= 0.6 is 38.5 Å². The van der Waals surface area contributed by atoms with E-state index in [0.717, 1.165) is 13.7 Å². The van der Waals surface area contributed by atoms with Gasteiger partial charge in [-0.25, -0.2) is 0 Å². The zero-order valence-electron chi connectivity index (χ0n) is 5.44. The molecule has 2 rings (SSSR count). The van der Waals surface area contributed by atoms with Gasteiger partial charge in [0.15, 0.2) is 0 Å². The molecule has 2 aromatic heterocycles. The highest BCUT2D eigenvalue weighted by atomic mass is 127. The van der Waals surface area contributed by atoms with Gasteiger partial charge in [-0.2, -0.15) is 0 Å². The average Bonchev–Trinajstić information content (AvgIpc) is 2.31. The second kappa shape index (κ2) is 2.75. The van der Waals surface area contributed by atoms with E-state index in [0.29, 0.717) is 0 Å². The van der Waals surface area contributed by atoms with Crippen LogP contribution < -0.4 is 0 Å². The summed E-state index contributed by atoms with van der Waals surface area (Å²) < 4.78 is 2.17. The Morgan fingerprint density at radius 3 is 3.00 bits per heavy atom. The molecule has 2 nitrogen and oxygen atoms in total. The van der Waals surface area contributed by atoms with Gasteiger partial charge < -0.3 is 4.98 Å². The van der Waals surface area contributed by atoms with Gasteiger partial charge >= 0.3 is 0 Å². The van der Waals surface area contributed by atoms with Gasteiger partial charge in [-0.15, -0.1) is 0 Å². The van der Waals surface area contributed by atoms with Gasteiger partial charge in [0.1, 0.15) is 0 Å². The highest BCUT2D eigenvalue weighted by Gasteiger charge is 2.00. The molecule has 11 heavy (non-hydrogen) atoms. The third-order valence-corrected chi connectivity index (χ3v) is 2.68. The summed E-state index contributed by atoms with van der Waals surface area (Å²) in [4.78, 5) is 7.24. The number of hydrogen-bond donors (Lipinski definition) is 1. The van der Waals surface area contributed by atoms with Gasteiger partial charge in [0, 0.05) is 16.1 Å². The van der Waals surface area contributed by atoms with Crippen molar-refractivity contribution in [3.05, 3.63) is 26.6 Å². The lowest BCUT2D eigenvalue weighted by atomic mass is 10.3. The van der Waals surface area contributed by atoms with E-state index in [4.69, 9.17) is 0 Å². The number of nitrogens with one attached hydrogen (secondary N) is 1. The zero-order valence-corrected chi connectivity index (χ0v) is 9.18. The third kappa shape index (κ3) is 1.29. The number of halogens is 2. The first kappa shape index (κ1) is 7.54. The number of nitrogens with zero attached hydrogens (tertiary/aromatic N) is 1. The third-order valence-electron chi connectivity index (χ3n) is 1.46. The Kier molecular flexibility index (Phi) is 1.88. The molecule has 0 aromatic carbocycles. The molecule has 56 valence electrons. The van der Waals surface area contributed by atoms with E-state index >= 15 is 0 Å². The predicted octanol–water partition coefficient (Wildman–Crippen LogP) is 2.93. The lowest BCUT2D eigenvalue weighted by molar-refractivity contribution is 1.32. The smallest absolute Gasteiger partial charge is 0.0783 e. The number of fused-ring (bicyclic) bond motifs is 1. The van der Waals surface area contributed by atoms with Crippen LogP contribution in [0.4, 0.5) is 0 Å². The van der Waals surface area contributed by atoms with Crippen LogP contribution in [0.15, 0.2) is 22.9 Å². The molecule has 0 unspecified atom stereocenters. The molecule has 2 heterocycles. The summed E-state index contributed by atoms with van der Waals surface area (Å²) in [5, 5.41) is 1.18. The number of aromatic nitrogens is 2. The van der Waals surface area contributed by atoms with Crippen molar-refractivity contribution in [3.63, 3.8) is 0 Å². The van der Waals surface area contributed by atoms with Crippen LogP contribution in [0.2, 0.25) is 0 Å². The molecule has 0 amide bonds. The number of hydrogen-bond acceptors (Lipinski definition) is 1. The van der Waals surface area contributed by atoms with Crippen molar-refractivity contribution in [1.82, 2.24) is 9.97 Å². The maximum Gasteiger partial charge on any atom is 0.0783 e. The highest BCUT2D eigenvalue weighted by molar-refractivity contribution is 14.1. The van der Waals surface area contributed by atoms with Crippen LogP contribution in [-0.2, 0) is 0 Å². The van der Waals surface area contributed by atoms with Crippen molar-refractivity contribution >= 4 is 49.4 Å². The summed E-state index contributed by atoms with van der Waals surface area (Å²) in [7, 11) is 0. The van der Waals surface area contributed by atoms with Gasteiger partial charge in [0.25, 0.3) is 0 Å². The molecule has 2 aromatic rings. The number of pyridine rings is 1. The maximum absolute atomic E-state index is 4.04. The van der Waals surface area contributed by atoms with E-state index in [1.165, 1.54) is 5.39 Å². The molecule has 1 N–H and O–H groups in total. The zero-order chi connectivity index (χ0) is 7.84. The highest BCUT2D eigenvalue weighted by Crippen LogP contribution is 2.23. The Balaban J connectivity index is 2.90. The van der Waals surface area contributed by atoms with E-state index in [2.05, 4.69) is 54.6 Å². The average molecular weight is 323 g/mol. The summed E-state index contributed by atoms with van der Waals surface area (Å²) >= 11 is 5.67. The standard InChI is InChI=1S/C7H4BrIN2/c8-5-2-10-3-6-4(5)1-7(9)11-6/h1-3,11H. The quantitative estimate of drug-likeness (QED) is 0.742. The van der Waals surface area contributed by atoms with Crippen molar-refractivity contribution < 1.29 is 0 Å².